The quantitative estimate of drug-likeness (QED) is 0.399. The van der Waals surface area contributed by atoms with E-state index in [1.807, 2.05) is 12.1 Å². The van der Waals surface area contributed by atoms with Gasteiger partial charge < -0.3 is 10.3 Å². The maximum atomic E-state index is 14.6. The molecule has 1 fully saturated rings. The van der Waals surface area contributed by atoms with Crippen molar-refractivity contribution in [2.75, 3.05) is 5.32 Å². The first-order valence-corrected chi connectivity index (χ1v) is 10.7. The Balaban J connectivity index is 1.52. The number of carbonyl (C=O) groups is 1. The molecule has 1 aliphatic rings. The summed E-state index contributed by atoms with van der Waals surface area (Å²) in [5.74, 6) is -2.42. The highest BCUT2D eigenvalue weighted by molar-refractivity contribution is 9.10. The van der Waals surface area contributed by atoms with Crippen LogP contribution in [-0.2, 0) is 11.3 Å². The molecule has 0 spiro atoms. The Morgan fingerprint density at radius 2 is 2.12 bits per heavy atom. The zero-order chi connectivity index (χ0) is 22.7. The molecule has 0 radical (unpaired) electrons. The third-order valence-corrected chi connectivity index (χ3v) is 5.57. The maximum absolute atomic E-state index is 14.6. The number of hydrogen-bond donors (Lipinski definition) is 3. The normalized spacial score (nSPS) is 14.1. The van der Waals surface area contributed by atoms with Crippen LogP contribution in [0.5, 0.6) is 0 Å². The average molecular weight is 505 g/mol. The molecule has 0 aliphatic heterocycles. The summed E-state index contributed by atoms with van der Waals surface area (Å²) in [6, 6.07) is 7.81. The first kappa shape index (κ1) is 22.1. The number of pyridine rings is 2. The van der Waals surface area contributed by atoms with E-state index in [1.165, 1.54) is 18.2 Å². The summed E-state index contributed by atoms with van der Waals surface area (Å²) in [5, 5.41) is 2.51. The molecule has 2 heterocycles. The number of carbonyl (C=O) groups excluding carboxylic acids is 1. The van der Waals surface area contributed by atoms with Gasteiger partial charge in [-0.3, -0.25) is 19.4 Å². The van der Waals surface area contributed by atoms with Gasteiger partial charge in [-0.25, -0.2) is 9.87 Å². The van der Waals surface area contributed by atoms with Crippen LogP contribution in [0.25, 0.3) is 0 Å². The van der Waals surface area contributed by atoms with Gasteiger partial charge in [0.2, 0.25) is 5.82 Å². The summed E-state index contributed by atoms with van der Waals surface area (Å²) >= 11 is 3.14. The van der Waals surface area contributed by atoms with Crippen molar-refractivity contribution in [1.82, 2.24) is 15.4 Å². The summed E-state index contributed by atoms with van der Waals surface area (Å²) in [6.45, 7) is 0. The summed E-state index contributed by atoms with van der Waals surface area (Å²) in [4.78, 5) is 36.4. The van der Waals surface area contributed by atoms with Crippen LogP contribution in [0.4, 0.5) is 20.2 Å². The summed E-state index contributed by atoms with van der Waals surface area (Å²) < 4.78 is 29.3. The number of anilines is 2. The molecule has 32 heavy (non-hydrogen) atoms. The molecule has 1 saturated carbocycles. The molecule has 3 aromatic rings. The van der Waals surface area contributed by atoms with Crippen molar-refractivity contribution in [3.63, 3.8) is 0 Å². The number of aromatic nitrogens is 2. The van der Waals surface area contributed by atoms with Gasteiger partial charge in [0, 0.05) is 29.5 Å². The van der Waals surface area contributed by atoms with Crippen LogP contribution >= 0.6 is 15.9 Å². The molecule has 1 amide bonds. The Morgan fingerprint density at radius 1 is 1.31 bits per heavy atom. The largest absolute Gasteiger partial charge is 0.350 e. The molecular formula is C22H19BrF2N4O3. The van der Waals surface area contributed by atoms with E-state index in [2.05, 4.69) is 36.7 Å². The third kappa shape index (κ3) is 5.20. The Kier molecular flexibility index (Phi) is 6.61. The lowest BCUT2D eigenvalue weighted by Gasteiger charge is -2.18. The highest BCUT2D eigenvalue weighted by Gasteiger charge is 2.33. The third-order valence-electron chi connectivity index (χ3n) is 5.08. The molecule has 4 rings (SSSR count). The van der Waals surface area contributed by atoms with Gasteiger partial charge in [0.15, 0.2) is 0 Å². The number of halogens is 3. The van der Waals surface area contributed by atoms with E-state index in [9.17, 15) is 18.4 Å². The number of amides is 1. The first-order valence-electron chi connectivity index (χ1n) is 9.90. The van der Waals surface area contributed by atoms with E-state index in [0.717, 1.165) is 24.6 Å². The second kappa shape index (κ2) is 9.58. The standard InChI is InChI=1S/C22H19BrF2N4O3/c23-14-5-6-17(16(24)9-14)28-20-15(11-27-22(31)19(20)25)21(30)29-32-18(13-3-4-13)8-12-2-1-7-26-10-12/h1-2,5-7,9-11,13,18H,3-4,8H2,(H,29,30)(H2,27,28,31). The number of benzene rings is 1. The van der Waals surface area contributed by atoms with Crippen molar-refractivity contribution in [3.05, 3.63) is 86.5 Å². The van der Waals surface area contributed by atoms with Crippen LogP contribution in [-0.4, -0.2) is 22.0 Å². The van der Waals surface area contributed by atoms with E-state index in [1.54, 1.807) is 12.4 Å². The fraction of sp³-hybridized carbons (Fsp3) is 0.227. The van der Waals surface area contributed by atoms with Crippen LogP contribution in [0.1, 0.15) is 28.8 Å². The number of nitrogens with one attached hydrogen (secondary N) is 3. The Labute approximate surface area is 190 Å². The molecular weight excluding hydrogens is 486 g/mol. The molecule has 10 heteroatoms. The molecule has 166 valence electrons. The lowest BCUT2D eigenvalue weighted by atomic mass is 10.1. The topological polar surface area (TPSA) is 96.1 Å². The number of aromatic amines is 1. The second-order valence-electron chi connectivity index (χ2n) is 7.46. The van der Waals surface area contributed by atoms with Gasteiger partial charge in [0.25, 0.3) is 11.5 Å². The zero-order valence-corrected chi connectivity index (χ0v) is 18.3. The van der Waals surface area contributed by atoms with Crippen molar-refractivity contribution >= 4 is 33.2 Å². The van der Waals surface area contributed by atoms with Crippen molar-refractivity contribution in [1.29, 1.82) is 0 Å². The Bertz CT molecular complexity index is 1190. The molecule has 0 saturated heterocycles. The van der Waals surface area contributed by atoms with Gasteiger partial charge in [-0.15, -0.1) is 0 Å². The van der Waals surface area contributed by atoms with Gasteiger partial charge in [0.05, 0.1) is 23.0 Å². The van der Waals surface area contributed by atoms with Crippen LogP contribution < -0.4 is 16.4 Å². The lowest BCUT2D eigenvalue weighted by molar-refractivity contribution is -0.0256. The molecule has 1 unspecified atom stereocenters. The molecule has 2 aromatic heterocycles. The summed E-state index contributed by atoms with van der Waals surface area (Å²) in [6.07, 6.45) is 6.67. The second-order valence-corrected chi connectivity index (χ2v) is 8.38. The van der Waals surface area contributed by atoms with Crippen molar-refractivity contribution < 1.29 is 18.4 Å². The molecule has 7 nitrogen and oxygen atoms in total. The van der Waals surface area contributed by atoms with Crippen molar-refractivity contribution in [2.45, 2.75) is 25.4 Å². The number of hydroxylamine groups is 1. The fourth-order valence-electron chi connectivity index (χ4n) is 3.24. The average Bonchev–Trinajstić information content (AvgIpc) is 3.62. The van der Waals surface area contributed by atoms with E-state index < -0.39 is 28.8 Å². The first-order chi connectivity index (χ1) is 15.4. The highest BCUT2D eigenvalue weighted by atomic mass is 79.9. The molecule has 3 N–H and O–H groups in total. The van der Waals surface area contributed by atoms with Crippen molar-refractivity contribution in [3.8, 4) is 0 Å². The molecule has 0 bridgehead atoms. The van der Waals surface area contributed by atoms with Gasteiger partial charge in [0.1, 0.15) is 5.82 Å². The molecule has 1 atom stereocenters. The maximum Gasteiger partial charge on any atom is 0.286 e. The van der Waals surface area contributed by atoms with Gasteiger partial charge in [-0.1, -0.05) is 22.0 Å². The monoisotopic (exact) mass is 504 g/mol. The Morgan fingerprint density at radius 3 is 2.81 bits per heavy atom. The lowest BCUT2D eigenvalue weighted by Crippen LogP contribution is -2.33. The number of nitrogens with zero attached hydrogens (tertiary/aromatic N) is 1. The van der Waals surface area contributed by atoms with Gasteiger partial charge in [-0.05, 0) is 48.6 Å². The minimum atomic E-state index is -1.24. The predicted molar refractivity (Wildman–Crippen MR) is 117 cm³/mol. The van der Waals surface area contributed by atoms with E-state index in [-0.39, 0.29) is 23.3 Å². The van der Waals surface area contributed by atoms with E-state index in [4.69, 9.17) is 4.84 Å². The van der Waals surface area contributed by atoms with E-state index in [0.29, 0.717) is 10.9 Å². The Hall–Kier alpha value is -3.11. The van der Waals surface area contributed by atoms with Crippen LogP contribution in [0.2, 0.25) is 0 Å². The van der Waals surface area contributed by atoms with Crippen LogP contribution in [0, 0.1) is 17.6 Å². The number of H-pyrrole nitrogens is 1. The summed E-state index contributed by atoms with van der Waals surface area (Å²) in [5.41, 5.74) is 1.48. The zero-order valence-electron chi connectivity index (χ0n) is 16.7. The smallest absolute Gasteiger partial charge is 0.286 e. The fourth-order valence-corrected chi connectivity index (χ4v) is 3.57. The molecule has 1 aliphatic carbocycles. The number of hydrogen-bond acceptors (Lipinski definition) is 5. The predicted octanol–water partition coefficient (Wildman–Crippen LogP) is 4.24. The van der Waals surface area contributed by atoms with Crippen LogP contribution in [0.3, 0.4) is 0 Å². The minimum absolute atomic E-state index is 0.0971. The van der Waals surface area contributed by atoms with Gasteiger partial charge >= 0.3 is 0 Å². The summed E-state index contributed by atoms with van der Waals surface area (Å²) in [7, 11) is 0. The van der Waals surface area contributed by atoms with Crippen LogP contribution in [0.15, 0.2) is 58.2 Å². The van der Waals surface area contributed by atoms with E-state index >= 15 is 0 Å². The van der Waals surface area contributed by atoms with Gasteiger partial charge in [-0.2, -0.15) is 4.39 Å². The SMILES string of the molecule is O=C(NOC(Cc1cccnc1)C1CC1)c1c[nH]c(=O)c(F)c1Nc1ccc(Br)cc1F. The minimum Gasteiger partial charge on any atom is -0.350 e. The molecule has 1 aromatic carbocycles. The highest BCUT2D eigenvalue weighted by Crippen LogP contribution is 2.35. The number of rotatable bonds is 8. The van der Waals surface area contributed by atoms with Crippen molar-refractivity contribution in [2.24, 2.45) is 5.92 Å².